The number of rotatable bonds is 5. The van der Waals surface area contributed by atoms with Gasteiger partial charge >= 0.3 is 6.09 Å². The molecular weight excluding hydrogens is 354 g/mol. The fourth-order valence-electron chi connectivity index (χ4n) is 2.66. The van der Waals surface area contributed by atoms with E-state index < -0.39 is 5.60 Å². The van der Waals surface area contributed by atoms with E-state index in [1.807, 2.05) is 45.0 Å². The fraction of sp³-hybridized carbons (Fsp3) is 0.579. The summed E-state index contributed by atoms with van der Waals surface area (Å²) in [5.74, 6) is 1.73. The van der Waals surface area contributed by atoms with Crippen molar-refractivity contribution in [3.8, 4) is 5.75 Å². The average molecular weight is 382 g/mol. The highest BCUT2D eigenvalue weighted by atomic mass is 35.5. The van der Waals surface area contributed by atoms with Gasteiger partial charge in [0, 0.05) is 19.2 Å². The van der Waals surface area contributed by atoms with Gasteiger partial charge in [0.15, 0.2) is 0 Å². The summed E-state index contributed by atoms with van der Waals surface area (Å²) in [4.78, 5) is 18.1. The monoisotopic (exact) mass is 381 g/mol. The van der Waals surface area contributed by atoms with Crippen molar-refractivity contribution in [2.24, 2.45) is 16.6 Å². The van der Waals surface area contributed by atoms with Crippen LogP contribution in [0.5, 0.6) is 5.75 Å². The zero-order valence-electron chi connectivity index (χ0n) is 15.7. The van der Waals surface area contributed by atoms with Crippen molar-refractivity contribution >= 4 is 29.2 Å². The van der Waals surface area contributed by atoms with E-state index in [-0.39, 0.29) is 12.0 Å². The number of hydrogen-bond acceptors (Lipinski definition) is 4. The van der Waals surface area contributed by atoms with Gasteiger partial charge in [-0.15, -0.1) is 11.6 Å². The second-order valence-electron chi connectivity index (χ2n) is 7.46. The smallest absolute Gasteiger partial charge is 0.410 e. The van der Waals surface area contributed by atoms with Crippen LogP contribution in [0.1, 0.15) is 33.6 Å². The summed E-state index contributed by atoms with van der Waals surface area (Å²) in [6, 6.07) is 7.47. The third-order valence-electron chi connectivity index (χ3n) is 3.98. The molecule has 2 rings (SSSR count). The minimum atomic E-state index is -0.461. The van der Waals surface area contributed by atoms with E-state index in [1.54, 1.807) is 4.90 Å². The standard InChI is InChI=1S/C19H28ClN3O3/c1-19(2,3)26-18(24)23-9-7-14(8-10-23)13-25-16-6-4-5-15(11-16)22-17(21)12-20/h4-6,11,14H,7-10,12-13H2,1-3H3,(H2,21,22). The Bertz CT molecular complexity index is 635. The zero-order valence-corrected chi connectivity index (χ0v) is 16.5. The maximum Gasteiger partial charge on any atom is 0.410 e. The lowest BCUT2D eigenvalue weighted by Gasteiger charge is -2.33. The van der Waals surface area contributed by atoms with E-state index in [0.29, 0.717) is 31.4 Å². The van der Waals surface area contributed by atoms with Gasteiger partial charge in [-0.05, 0) is 51.7 Å². The van der Waals surface area contributed by atoms with Gasteiger partial charge in [-0.1, -0.05) is 6.07 Å². The first kappa shape index (κ1) is 20.4. The highest BCUT2D eigenvalue weighted by Crippen LogP contribution is 2.24. The zero-order chi connectivity index (χ0) is 19.2. The van der Waals surface area contributed by atoms with Crippen LogP contribution in [0.3, 0.4) is 0 Å². The number of piperidine rings is 1. The Morgan fingerprint density at radius 3 is 2.65 bits per heavy atom. The molecule has 0 saturated carbocycles. The molecule has 1 aliphatic rings. The summed E-state index contributed by atoms with van der Waals surface area (Å²) >= 11 is 5.65. The summed E-state index contributed by atoms with van der Waals surface area (Å²) in [7, 11) is 0. The second kappa shape index (κ2) is 9.12. The molecule has 1 fully saturated rings. The van der Waals surface area contributed by atoms with Gasteiger partial charge in [0.05, 0.1) is 18.2 Å². The highest BCUT2D eigenvalue weighted by molar-refractivity contribution is 6.28. The van der Waals surface area contributed by atoms with Gasteiger partial charge in [-0.2, -0.15) is 0 Å². The van der Waals surface area contributed by atoms with Gasteiger partial charge in [0.25, 0.3) is 0 Å². The summed E-state index contributed by atoms with van der Waals surface area (Å²) in [6.07, 6.45) is 1.56. The Morgan fingerprint density at radius 1 is 1.35 bits per heavy atom. The summed E-state index contributed by atoms with van der Waals surface area (Å²) in [5, 5.41) is 0. The normalized spacial score (nSPS) is 16.5. The van der Waals surface area contributed by atoms with Crippen LogP contribution in [0.25, 0.3) is 0 Å². The van der Waals surface area contributed by atoms with E-state index in [2.05, 4.69) is 4.99 Å². The van der Waals surface area contributed by atoms with Crippen LogP contribution in [0.15, 0.2) is 29.3 Å². The van der Waals surface area contributed by atoms with Gasteiger partial charge in [-0.25, -0.2) is 9.79 Å². The van der Waals surface area contributed by atoms with Crippen LogP contribution in [-0.2, 0) is 4.74 Å². The molecule has 26 heavy (non-hydrogen) atoms. The van der Waals surface area contributed by atoms with Crippen molar-refractivity contribution in [2.75, 3.05) is 25.6 Å². The quantitative estimate of drug-likeness (QED) is 0.476. The molecule has 1 amide bonds. The molecular formula is C19H28ClN3O3. The molecule has 0 atom stereocenters. The largest absolute Gasteiger partial charge is 0.493 e. The number of nitrogens with zero attached hydrogens (tertiary/aromatic N) is 2. The van der Waals surface area contributed by atoms with Crippen LogP contribution >= 0.6 is 11.6 Å². The van der Waals surface area contributed by atoms with E-state index in [9.17, 15) is 4.79 Å². The lowest BCUT2D eigenvalue weighted by Crippen LogP contribution is -2.42. The van der Waals surface area contributed by atoms with Crippen molar-refractivity contribution in [1.82, 2.24) is 4.90 Å². The number of hydrogen-bond donors (Lipinski definition) is 1. The van der Waals surface area contributed by atoms with Gasteiger partial charge in [-0.3, -0.25) is 0 Å². The average Bonchev–Trinajstić information content (AvgIpc) is 2.59. The second-order valence-corrected chi connectivity index (χ2v) is 7.72. The van der Waals surface area contributed by atoms with Crippen molar-refractivity contribution in [1.29, 1.82) is 0 Å². The number of amidine groups is 1. The third-order valence-corrected chi connectivity index (χ3v) is 4.25. The Morgan fingerprint density at radius 2 is 2.04 bits per heavy atom. The first-order valence-corrected chi connectivity index (χ1v) is 9.40. The molecule has 0 bridgehead atoms. The van der Waals surface area contributed by atoms with Crippen LogP contribution in [0.4, 0.5) is 10.5 Å². The molecule has 1 aliphatic heterocycles. The lowest BCUT2D eigenvalue weighted by molar-refractivity contribution is 0.0165. The van der Waals surface area contributed by atoms with Gasteiger partial charge < -0.3 is 20.1 Å². The number of benzene rings is 1. The summed E-state index contributed by atoms with van der Waals surface area (Å²) in [6.45, 7) is 7.64. The maximum absolute atomic E-state index is 12.1. The molecule has 2 N–H and O–H groups in total. The predicted molar refractivity (Wildman–Crippen MR) is 104 cm³/mol. The Hall–Kier alpha value is -1.95. The van der Waals surface area contributed by atoms with Crippen LogP contribution in [-0.4, -0.2) is 48.0 Å². The topological polar surface area (TPSA) is 77.1 Å². The molecule has 144 valence electrons. The number of likely N-dealkylation sites (tertiary alicyclic amines) is 1. The van der Waals surface area contributed by atoms with Crippen LogP contribution in [0.2, 0.25) is 0 Å². The highest BCUT2D eigenvalue weighted by Gasteiger charge is 2.27. The van der Waals surface area contributed by atoms with E-state index in [0.717, 1.165) is 24.3 Å². The molecule has 0 unspecified atom stereocenters. The van der Waals surface area contributed by atoms with Crippen LogP contribution in [0, 0.1) is 5.92 Å². The van der Waals surface area contributed by atoms with Gasteiger partial charge in [0.2, 0.25) is 0 Å². The number of carbonyl (C=O) groups is 1. The number of alkyl halides is 1. The number of aliphatic imine (C=N–C) groups is 1. The Balaban J connectivity index is 1.80. The molecule has 1 saturated heterocycles. The molecule has 0 aliphatic carbocycles. The molecule has 6 nitrogen and oxygen atoms in total. The lowest BCUT2D eigenvalue weighted by atomic mass is 9.98. The van der Waals surface area contributed by atoms with Crippen LogP contribution < -0.4 is 10.5 Å². The molecule has 1 heterocycles. The van der Waals surface area contributed by atoms with Crippen molar-refractivity contribution in [3.05, 3.63) is 24.3 Å². The Labute approximate surface area is 160 Å². The molecule has 7 heteroatoms. The first-order valence-electron chi connectivity index (χ1n) is 8.86. The van der Waals surface area contributed by atoms with Crippen molar-refractivity contribution < 1.29 is 14.3 Å². The summed E-state index contributed by atoms with van der Waals surface area (Å²) < 4.78 is 11.3. The molecule has 0 radical (unpaired) electrons. The molecule has 1 aromatic rings. The number of ether oxygens (including phenoxy) is 2. The Kier molecular flexibility index (Phi) is 7.14. The van der Waals surface area contributed by atoms with Crippen molar-refractivity contribution in [3.63, 3.8) is 0 Å². The third kappa shape index (κ3) is 6.75. The number of nitrogens with two attached hydrogens (primary N) is 1. The number of halogens is 1. The number of carbonyl (C=O) groups excluding carboxylic acids is 1. The first-order chi connectivity index (χ1) is 12.3. The predicted octanol–water partition coefficient (Wildman–Crippen LogP) is 3.94. The van der Waals surface area contributed by atoms with Gasteiger partial charge in [0.1, 0.15) is 17.2 Å². The summed E-state index contributed by atoms with van der Waals surface area (Å²) in [5.41, 5.74) is 5.92. The van der Waals surface area contributed by atoms with Crippen molar-refractivity contribution in [2.45, 2.75) is 39.2 Å². The minimum absolute atomic E-state index is 0.196. The molecule has 1 aromatic carbocycles. The van der Waals surface area contributed by atoms with E-state index in [4.69, 9.17) is 26.8 Å². The molecule has 0 spiro atoms. The molecule has 0 aromatic heterocycles. The van der Waals surface area contributed by atoms with E-state index in [1.165, 1.54) is 0 Å². The number of amides is 1. The fourth-order valence-corrected chi connectivity index (χ4v) is 2.72. The maximum atomic E-state index is 12.1. The SMILES string of the molecule is CC(C)(C)OC(=O)N1CCC(COc2cccc(N=C(N)CCl)c2)CC1. The van der Waals surface area contributed by atoms with E-state index >= 15 is 0 Å². The minimum Gasteiger partial charge on any atom is -0.493 e.